The van der Waals surface area contributed by atoms with Gasteiger partial charge < -0.3 is 0 Å². The summed E-state index contributed by atoms with van der Waals surface area (Å²) in [7, 11) is -2.85. The monoisotopic (exact) mass is 216 g/mol. The summed E-state index contributed by atoms with van der Waals surface area (Å²) in [5.41, 5.74) is 0. The van der Waals surface area contributed by atoms with Crippen LogP contribution in [0.4, 0.5) is 0 Å². The minimum absolute atomic E-state index is 0.00885. The van der Waals surface area contributed by atoms with Gasteiger partial charge in [0.1, 0.15) is 9.84 Å². The third kappa shape index (κ3) is 3.64. The zero-order valence-corrected chi connectivity index (χ0v) is 9.26. The zero-order valence-electron chi connectivity index (χ0n) is 8.44. The Kier molecular flexibility index (Phi) is 3.90. The van der Waals surface area contributed by atoms with Crippen LogP contribution in [0.3, 0.4) is 0 Å². The fraction of sp³-hybridized carbons (Fsp3) is 0.889. The predicted molar refractivity (Wildman–Crippen MR) is 54.5 cm³/mol. The van der Waals surface area contributed by atoms with Crippen LogP contribution in [0, 0.1) is 11.3 Å². The van der Waals surface area contributed by atoms with Gasteiger partial charge in [0.15, 0.2) is 0 Å². The first-order chi connectivity index (χ1) is 6.53. The molecule has 1 fully saturated rings. The number of sulfone groups is 1. The van der Waals surface area contributed by atoms with Crippen molar-refractivity contribution in [3.05, 3.63) is 0 Å². The topological polar surface area (TPSA) is 61.2 Å². The van der Waals surface area contributed by atoms with Gasteiger partial charge in [0.05, 0.1) is 17.9 Å². The summed E-state index contributed by atoms with van der Waals surface area (Å²) in [6, 6.07) is 2.25. The first kappa shape index (κ1) is 11.5. The highest BCUT2D eigenvalue weighted by molar-refractivity contribution is 7.90. The molecule has 0 aromatic rings. The highest BCUT2D eigenvalue weighted by atomic mass is 32.2. The van der Waals surface area contributed by atoms with E-state index in [2.05, 4.69) is 11.0 Å². The quantitative estimate of drug-likeness (QED) is 0.683. The van der Waals surface area contributed by atoms with Crippen molar-refractivity contribution in [2.24, 2.45) is 0 Å². The highest BCUT2D eigenvalue weighted by Crippen LogP contribution is 2.16. The number of nitriles is 1. The van der Waals surface area contributed by atoms with Gasteiger partial charge in [-0.2, -0.15) is 5.26 Å². The molecule has 0 aliphatic carbocycles. The minimum atomic E-state index is -2.85. The van der Waals surface area contributed by atoms with Crippen LogP contribution >= 0.6 is 0 Å². The van der Waals surface area contributed by atoms with Crippen LogP contribution < -0.4 is 0 Å². The fourth-order valence-electron chi connectivity index (χ4n) is 1.77. The standard InChI is InChI=1S/C9H16N2O2S/c1-14(12,13)7-3-6-11-5-2-4-9(11)8-10/h9H,2-7H2,1H3. The molecule has 0 amide bonds. The van der Waals surface area contributed by atoms with Gasteiger partial charge in [-0.25, -0.2) is 8.42 Å². The van der Waals surface area contributed by atoms with Crippen molar-refractivity contribution in [1.82, 2.24) is 4.90 Å². The average Bonchev–Trinajstić information content (AvgIpc) is 2.49. The zero-order chi connectivity index (χ0) is 10.6. The maximum Gasteiger partial charge on any atom is 0.147 e. The van der Waals surface area contributed by atoms with Gasteiger partial charge in [0.25, 0.3) is 0 Å². The Bertz CT molecular complexity index is 318. The second kappa shape index (κ2) is 4.76. The first-order valence-corrected chi connectivity index (χ1v) is 6.90. The lowest BCUT2D eigenvalue weighted by Crippen LogP contribution is -2.30. The van der Waals surface area contributed by atoms with Crippen LogP contribution in [-0.4, -0.2) is 44.5 Å². The molecule has 0 bridgehead atoms. The van der Waals surface area contributed by atoms with Crippen LogP contribution in [-0.2, 0) is 9.84 Å². The Balaban J connectivity index is 2.29. The number of hydrogen-bond donors (Lipinski definition) is 0. The second-order valence-electron chi connectivity index (χ2n) is 3.81. The highest BCUT2D eigenvalue weighted by Gasteiger charge is 2.23. The van der Waals surface area contributed by atoms with Crippen molar-refractivity contribution >= 4 is 9.84 Å². The third-order valence-electron chi connectivity index (χ3n) is 2.47. The lowest BCUT2D eigenvalue weighted by atomic mass is 10.2. The largest absolute Gasteiger partial charge is 0.288 e. The molecule has 5 heteroatoms. The molecule has 4 nitrogen and oxygen atoms in total. The van der Waals surface area contributed by atoms with Gasteiger partial charge in [0, 0.05) is 12.8 Å². The van der Waals surface area contributed by atoms with Gasteiger partial charge in [0.2, 0.25) is 0 Å². The van der Waals surface area contributed by atoms with Crippen LogP contribution in [0.15, 0.2) is 0 Å². The normalized spacial score (nSPS) is 23.6. The van der Waals surface area contributed by atoms with Gasteiger partial charge in [-0.05, 0) is 25.8 Å². The SMILES string of the molecule is CS(=O)(=O)CCCN1CCCC1C#N. The van der Waals surface area contributed by atoms with Gasteiger partial charge in [-0.3, -0.25) is 4.90 Å². The summed E-state index contributed by atoms with van der Waals surface area (Å²) >= 11 is 0. The Morgan fingerprint density at radius 1 is 1.57 bits per heavy atom. The van der Waals surface area contributed by atoms with Crippen molar-refractivity contribution < 1.29 is 8.42 Å². The Hall–Kier alpha value is -0.600. The fourth-order valence-corrected chi connectivity index (χ4v) is 2.42. The number of likely N-dealkylation sites (tertiary alicyclic amines) is 1. The van der Waals surface area contributed by atoms with E-state index in [0.717, 1.165) is 25.9 Å². The van der Waals surface area contributed by atoms with E-state index in [1.807, 2.05) is 0 Å². The molecule has 1 rings (SSSR count). The summed E-state index contributed by atoms with van der Waals surface area (Å²) in [4.78, 5) is 2.07. The van der Waals surface area contributed by atoms with Crippen LogP contribution in [0.5, 0.6) is 0 Å². The molecule has 0 spiro atoms. The van der Waals surface area contributed by atoms with Crippen molar-refractivity contribution in [2.75, 3.05) is 25.1 Å². The van der Waals surface area contributed by atoms with Crippen molar-refractivity contribution in [3.63, 3.8) is 0 Å². The Morgan fingerprint density at radius 2 is 2.29 bits per heavy atom. The Labute approximate surface area is 85.4 Å². The molecular weight excluding hydrogens is 200 g/mol. The Morgan fingerprint density at radius 3 is 2.86 bits per heavy atom. The lowest BCUT2D eigenvalue weighted by molar-refractivity contribution is 0.296. The van der Waals surface area contributed by atoms with E-state index in [-0.39, 0.29) is 11.8 Å². The molecule has 1 unspecified atom stereocenters. The van der Waals surface area contributed by atoms with E-state index in [1.165, 1.54) is 6.26 Å². The number of nitrogens with zero attached hydrogens (tertiary/aromatic N) is 2. The molecule has 0 aromatic heterocycles. The van der Waals surface area contributed by atoms with Crippen molar-refractivity contribution in [3.8, 4) is 6.07 Å². The van der Waals surface area contributed by atoms with Crippen LogP contribution in [0.1, 0.15) is 19.3 Å². The number of hydrogen-bond acceptors (Lipinski definition) is 4. The summed E-state index contributed by atoms with van der Waals surface area (Å²) in [5, 5.41) is 8.79. The van der Waals surface area contributed by atoms with E-state index in [4.69, 9.17) is 5.26 Å². The van der Waals surface area contributed by atoms with Crippen LogP contribution in [0.2, 0.25) is 0 Å². The average molecular weight is 216 g/mol. The molecule has 0 aromatic carbocycles. The molecule has 14 heavy (non-hydrogen) atoms. The molecule has 0 saturated carbocycles. The van der Waals surface area contributed by atoms with E-state index < -0.39 is 9.84 Å². The summed E-state index contributed by atoms with van der Waals surface area (Å²) in [6.07, 6.45) is 3.86. The van der Waals surface area contributed by atoms with E-state index in [9.17, 15) is 8.42 Å². The molecular formula is C9H16N2O2S. The maximum absolute atomic E-state index is 10.9. The number of rotatable bonds is 4. The molecule has 1 saturated heterocycles. The molecule has 80 valence electrons. The first-order valence-electron chi connectivity index (χ1n) is 4.84. The minimum Gasteiger partial charge on any atom is -0.288 e. The maximum atomic E-state index is 10.9. The van der Waals surface area contributed by atoms with E-state index in [1.54, 1.807) is 0 Å². The molecule has 1 atom stereocenters. The van der Waals surface area contributed by atoms with Gasteiger partial charge in [-0.15, -0.1) is 0 Å². The summed E-state index contributed by atoms with van der Waals surface area (Å²) < 4.78 is 21.7. The van der Waals surface area contributed by atoms with E-state index in [0.29, 0.717) is 6.42 Å². The second-order valence-corrected chi connectivity index (χ2v) is 6.07. The van der Waals surface area contributed by atoms with Crippen molar-refractivity contribution in [1.29, 1.82) is 5.26 Å². The van der Waals surface area contributed by atoms with Crippen molar-refractivity contribution in [2.45, 2.75) is 25.3 Å². The molecule has 1 aliphatic rings. The summed E-state index contributed by atoms with van der Waals surface area (Å²) in [5.74, 6) is 0.224. The van der Waals surface area contributed by atoms with Gasteiger partial charge in [-0.1, -0.05) is 0 Å². The lowest BCUT2D eigenvalue weighted by Gasteiger charge is -2.18. The van der Waals surface area contributed by atoms with Gasteiger partial charge >= 0.3 is 0 Å². The predicted octanol–water partition coefficient (Wildman–Crippen LogP) is 0.409. The smallest absolute Gasteiger partial charge is 0.147 e. The molecule has 1 heterocycles. The molecule has 0 radical (unpaired) electrons. The van der Waals surface area contributed by atoms with Crippen LogP contribution in [0.25, 0.3) is 0 Å². The third-order valence-corrected chi connectivity index (χ3v) is 3.50. The molecule has 0 N–H and O–H groups in total. The summed E-state index contributed by atoms with van der Waals surface area (Å²) in [6.45, 7) is 1.66. The molecule has 1 aliphatic heterocycles. The van der Waals surface area contributed by atoms with E-state index >= 15 is 0 Å².